The maximum absolute atomic E-state index is 13.1. The summed E-state index contributed by atoms with van der Waals surface area (Å²) in [5, 5.41) is 0. The number of aryl methyl sites for hydroxylation is 2. The van der Waals surface area contributed by atoms with Crippen molar-refractivity contribution in [3.63, 3.8) is 0 Å². The van der Waals surface area contributed by atoms with Gasteiger partial charge in [-0.15, -0.1) is 0 Å². The number of benzene rings is 1. The predicted molar refractivity (Wildman–Crippen MR) is 109 cm³/mol. The zero-order chi connectivity index (χ0) is 20.6. The van der Waals surface area contributed by atoms with E-state index in [2.05, 4.69) is 16.0 Å². The van der Waals surface area contributed by atoms with Gasteiger partial charge in [0.25, 0.3) is 5.91 Å². The second-order valence-electron chi connectivity index (χ2n) is 8.16. The molecule has 1 N–H and O–H groups in total. The number of ether oxygens (including phenoxy) is 1. The molecule has 7 nitrogen and oxygen atoms in total. The molecule has 0 unspecified atom stereocenters. The number of piperidine rings is 1. The van der Waals surface area contributed by atoms with Gasteiger partial charge in [0.1, 0.15) is 6.61 Å². The lowest BCUT2D eigenvalue weighted by molar-refractivity contribution is -0.145. The Labute approximate surface area is 171 Å². The predicted octanol–water partition coefficient (Wildman–Crippen LogP) is 2.19. The molecule has 0 atom stereocenters. The average Bonchev–Trinajstić information content (AvgIpc) is 3.18. The van der Waals surface area contributed by atoms with Crippen molar-refractivity contribution in [3.05, 3.63) is 52.6 Å². The van der Waals surface area contributed by atoms with Crippen LogP contribution in [0, 0.1) is 13.8 Å². The van der Waals surface area contributed by atoms with E-state index in [0.717, 1.165) is 34.5 Å². The van der Waals surface area contributed by atoms with Gasteiger partial charge in [0.15, 0.2) is 0 Å². The van der Waals surface area contributed by atoms with Crippen molar-refractivity contribution in [1.29, 1.82) is 0 Å². The first-order valence-electron chi connectivity index (χ1n) is 10.1. The SMILES string of the molecule is COCC(=O)N1CCc2[nH]cnc2C12CCN(C(=O)c1cc(C)cc(C)c1)CC2. The number of amides is 2. The maximum Gasteiger partial charge on any atom is 0.253 e. The minimum absolute atomic E-state index is 0.0183. The third-order valence-corrected chi connectivity index (χ3v) is 6.18. The lowest BCUT2D eigenvalue weighted by atomic mass is 9.78. The maximum atomic E-state index is 13.1. The van der Waals surface area contributed by atoms with Crippen LogP contribution in [-0.4, -0.2) is 64.9 Å². The fourth-order valence-corrected chi connectivity index (χ4v) is 4.91. The quantitative estimate of drug-likeness (QED) is 0.863. The molecule has 1 saturated heterocycles. The van der Waals surface area contributed by atoms with Crippen LogP contribution in [0.25, 0.3) is 0 Å². The molecule has 1 spiro atoms. The van der Waals surface area contributed by atoms with Crippen LogP contribution in [-0.2, 0) is 21.5 Å². The van der Waals surface area contributed by atoms with E-state index in [-0.39, 0.29) is 18.4 Å². The van der Waals surface area contributed by atoms with E-state index in [0.29, 0.717) is 32.5 Å². The van der Waals surface area contributed by atoms with Gasteiger partial charge in [0.2, 0.25) is 5.91 Å². The summed E-state index contributed by atoms with van der Waals surface area (Å²) in [4.78, 5) is 37.5. The lowest BCUT2D eigenvalue weighted by Gasteiger charge is -2.50. The highest BCUT2D eigenvalue weighted by molar-refractivity contribution is 5.94. The smallest absolute Gasteiger partial charge is 0.253 e. The number of aromatic amines is 1. The van der Waals surface area contributed by atoms with Crippen LogP contribution in [0.4, 0.5) is 0 Å². The highest BCUT2D eigenvalue weighted by Gasteiger charge is 2.49. The third-order valence-electron chi connectivity index (χ3n) is 6.18. The van der Waals surface area contributed by atoms with E-state index in [1.165, 1.54) is 0 Å². The van der Waals surface area contributed by atoms with E-state index in [4.69, 9.17) is 4.74 Å². The molecule has 1 aromatic carbocycles. The standard InChI is InChI=1S/C22H28N4O3/c1-15-10-16(2)12-17(11-15)21(28)25-8-5-22(6-9-25)20-18(23-14-24-20)4-7-26(22)19(27)13-29-3/h10-12,14H,4-9,13H2,1-3H3,(H,23,24). The Balaban J connectivity index is 1.58. The van der Waals surface area contributed by atoms with Crippen LogP contribution in [0.5, 0.6) is 0 Å². The number of likely N-dealkylation sites (tertiary alicyclic amines) is 1. The summed E-state index contributed by atoms with van der Waals surface area (Å²) >= 11 is 0. The van der Waals surface area contributed by atoms with Gasteiger partial charge in [-0.05, 0) is 38.8 Å². The van der Waals surface area contributed by atoms with Gasteiger partial charge in [-0.2, -0.15) is 0 Å². The van der Waals surface area contributed by atoms with Crippen molar-refractivity contribution in [1.82, 2.24) is 19.8 Å². The number of hydrogen-bond acceptors (Lipinski definition) is 4. The molecular formula is C22H28N4O3. The number of rotatable bonds is 3. The topological polar surface area (TPSA) is 78.5 Å². The summed E-state index contributed by atoms with van der Waals surface area (Å²) in [7, 11) is 1.54. The summed E-state index contributed by atoms with van der Waals surface area (Å²) in [5.41, 5.74) is 4.49. The van der Waals surface area contributed by atoms with Gasteiger partial charge >= 0.3 is 0 Å². The van der Waals surface area contributed by atoms with Crippen LogP contribution in [0.2, 0.25) is 0 Å². The first kappa shape index (κ1) is 19.6. The number of imidazole rings is 1. The van der Waals surface area contributed by atoms with Gasteiger partial charge in [0.05, 0.1) is 17.6 Å². The van der Waals surface area contributed by atoms with E-state index in [9.17, 15) is 9.59 Å². The third kappa shape index (κ3) is 3.44. The Bertz CT molecular complexity index is 908. The Kier molecular flexibility index (Phi) is 5.17. The number of H-pyrrole nitrogens is 1. The monoisotopic (exact) mass is 396 g/mol. The Morgan fingerprint density at radius 2 is 1.83 bits per heavy atom. The number of carbonyl (C=O) groups excluding carboxylic acids is 2. The molecule has 3 heterocycles. The Hall–Kier alpha value is -2.67. The molecule has 1 aromatic heterocycles. The molecular weight excluding hydrogens is 368 g/mol. The second-order valence-corrected chi connectivity index (χ2v) is 8.16. The zero-order valence-corrected chi connectivity index (χ0v) is 17.3. The van der Waals surface area contributed by atoms with Crippen molar-refractivity contribution in [2.24, 2.45) is 0 Å². The summed E-state index contributed by atoms with van der Waals surface area (Å²) in [5.74, 6) is 0.0368. The minimum Gasteiger partial charge on any atom is -0.375 e. The highest BCUT2D eigenvalue weighted by atomic mass is 16.5. The summed E-state index contributed by atoms with van der Waals surface area (Å²) in [6, 6.07) is 5.96. The van der Waals surface area contributed by atoms with E-state index in [1.807, 2.05) is 35.8 Å². The molecule has 0 saturated carbocycles. The molecule has 7 heteroatoms. The van der Waals surface area contributed by atoms with Gasteiger partial charge in [0, 0.05) is 44.4 Å². The van der Waals surface area contributed by atoms with Crippen molar-refractivity contribution >= 4 is 11.8 Å². The number of nitrogens with zero attached hydrogens (tertiary/aromatic N) is 3. The van der Waals surface area contributed by atoms with E-state index >= 15 is 0 Å². The molecule has 0 radical (unpaired) electrons. The van der Waals surface area contributed by atoms with Gasteiger partial charge < -0.3 is 19.5 Å². The molecule has 154 valence electrons. The molecule has 1 fully saturated rings. The number of nitrogens with one attached hydrogen (secondary N) is 1. The Morgan fingerprint density at radius 3 is 2.48 bits per heavy atom. The average molecular weight is 396 g/mol. The van der Waals surface area contributed by atoms with Crippen molar-refractivity contribution in [3.8, 4) is 0 Å². The number of fused-ring (bicyclic) bond motifs is 2. The first-order chi connectivity index (χ1) is 13.9. The molecule has 2 aliphatic heterocycles. The van der Waals surface area contributed by atoms with Gasteiger partial charge in [-0.3, -0.25) is 9.59 Å². The largest absolute Gasteiger partial charge is 0.375 e. The zero-order valence-electron chi connectivity index (χ0n) is 17.3. The number of aromatic nitrogens is 2. The molecule has 2 aromatic rings. The number of carbonyl (C=O) groups is 2. The molecule has 29 heavy (non-hydrogen) atoms. The fourth-order valence-electron chi connectivity index (χ4n) is 4.91. The van der Waals surface area contributed by atoms with Crippen molar-refractivity contribution in [2.75, 3.05) is 33.4 Å². The van der Waals surface area contributed by atoms with Crippen molar-refractivity contribution in [2.45, 2.75) is 38.6 Å². The molecule has 0 aliphatic carbocycles. The number of methoxy groups -OCH3 is 1. The Morgan fingerprint density at radius 1 is 1.14 bits per heavy atom. The van der Waals surface area contributed by atoms with Crippen LogP contribution in [0.15, 0.2) is 24.5 Å². The molecule has 4 rings (SSSR count). The molecule has 2 aliphatic rings. The van der Waals surface area contributed by atoms with Crippen LogP contribution < -0.4 is 0 Å². The van der Waals surface area contributed by atoms with E-state index in [1.54, 1.807) is 13.4 Å². The van der Waals surface area contributed by atoms with Crippen LogP contribution in [0.1, 0.15) is 45.7 Å². The van der Waals surface area contributed by atoms with Crippen molar-refractivity contribution < 1.29 is 14.3 Å². The summed E-state index contributed by atoms with van der Waals surface area (Å²) in [6.45, 7) is 5.91. The molecule has 0 bridgehead atoms. The van der Waals surface area contributed by atoms with Gasteiger partial charge in [-0.1, -0.05) is 17.2 Å². The summed E-state index contributed by atoms with van der Waals surface area (Å²) < 4.78 is 5.12. The lowest BCUT2D eigenvalue weighted by Crippen LogP contribution is -2.59. The normalized spacial score (nSPS) is 18.0. The van der Waals surface area contributed by atoms with Crippen LogP contribution >= 0.6 is 0 Å². The van der Waals surface area contributed by atoms with E-state index < -0.39 is 5.54 Å². The second kappa shape index (κ2) is 7.63. The highest BCUT2D eigenvalue weighted by Crippen LogP contribution is 2.42. The molecule has 2 amide bonds. The minimum atomic E-state index is -0.470. The first-order valence-corrected chi connectivity index (χ1v) is 10.1. The number of hydrogen-bond donors (Lipinski definition) is 1. The summed E-state index contributed by atoms with van der Waals surface area (Å²) in [6.07, 6.45) is 3.83. The fraction of sp³-hybridized carbons (Fsp3) is 0.500. The van der Waals surface area contributed by atoms with Gasteiger partial charge in [-0.25, -0.2) is 4.98 Å². The van der Waals surface area contributed by atoms with Crippen LogP contribution in [0.3, 0.4) is 0 Å².